The quantitative estimate of drug-likeness (QED) is 0.694. The van der Waals surface area contributed by atoms with Crippen molar-refractivity contribution in [2.24, 2.45) is 0 Å². The Hall–Kier alpha value is -0.380. The Kier molecular flexibility index (Phi) is 2.11. The number of nitrogens with zero attached hydrogens (tertiary/aromatic N) is 1. The van der Waals surface area contributed by atoms with Gasteiger partial charge in [0.25, 0.3) is 0 Å². The summed E-state index contributed by atoms with van der Waals surface area (Å²) in [6.45, 7) is 0. The molecular weight excluding hydrogens is 234 g/mol. The smallest absolute Gasteiger partial charge is 0.108 e. The van der Waals surface area contributed by atoms with Crippen molar-refractivity contribution in [2.75, 3.05) is 0 Å². The summed E-state index contributed by atoms with van der Waals surface area (Å²) < 4.78 is 0. The third-order valence-corrected chi connectivity index (χ3v) is 4.94. The Morgan fingerprint density at radius 3 is 3.07 bits per heavy atom. The second kappa shape index (κ2) is 3.33. The van der Waals surface area contributed by atoms with Crippen molar-refractivity contribution in [1.29, 1.82) is 0 Å². The molecule has 2 aromatic heterocycles. The van der Waals surface area contributed by atoms with E-state index >= 15 is 0 Å². The fourth-order valence-electron chi connectivity index (χ4n) is 1.81. The highest BCUT2D eigenvalue weighted by Gasteiger charge is 2.21. The van der Waals surface area contributed by atoms with E-state index in [1.807, 2.05) is 11.3 Å². The highest BCUT2D eigenvalue weighted by Crippen LogP contribution is 2.38. The van der Waals surface area contributed by atoms with Crippen molar-refractivity contribution < 1.29 is 0 Å². The van der Waals surface area contributed by atoms with Crippen molar-refractivity contribution >= 4 is 34.3 Å². The summed E-state index contributed by atoms with van der Waals surface area (Å²) in [4.78, 5) is 7.46. The predicted molar refractivity (Wildman–Crippen MR) is 62.4 cm³/mol. The van der Waals surface area contributed by atoms with Gasteiger partial charge in [-0.25, -0.2) is 4.98 Å². The molecule has 2 heterocycles. The third kappa shape index (κ3) is 1.23. The van der Waals surface area contributed by atoms with Crippen LogP contribution in [0.15, 0.2) is 11.4 Å². The van der Waals surface area contributed by atoms with E-state index in [0.717, 1.165) is 11.4 Å². The number of hydrogen-bond donors (Lipinski definition) is 0. The van der Waals surface area contributed by atoms with Gasteiger partial charge >= 0.3 is 0 Å². The van der Waals surface area contributed by atoms with E-state index in [0.29, 0.717) is 5.88 Å². The number of rotatable bonds is 1. The summed E-state index contributed by atoms with van der Waals surface area (Å²) in [6.07, 6.45) is 2.31. The summed E-state index contributed by atoms with van der Waals surface area (Å²) in [6, 6.07) is 2.18. The molecule has 0 amide bonds. The molecule has 0 radical (unpaired) electrons. The first kappa shape index (κ1) is 8.89. The van der Waals surface area contributed by atoms with Crippen molar-refractivity contribution in [1.82, 2.24) is 4.98 Å². The van der Waals surface area contributed by atoms with Gasteiger partial charge in [0.05, 0.1) is 11.6 Å². The summed E-state index contributed by atoms with van der Waals surface area (Å²) in [5.41, 5.74) is 2.53. The van der Waals surface area contributed by atoms with Gasteiger partial charge in [-0.05, 0) is 24.3 Å². The maximum absolute atomic E-state index is 5.80. The van der Waals surface area contributed by atoms with Crippen molar-refractivity contribution in [2.45, 2.75) is 18.7 Å². The molecular formula is C10H8ClNS2. The van der Waals surface area contributed by atoms with Crippen molar-refractivity contribution in [3.8, 4) is 11.3 Å². The van der Waals surface area contributed by atoms with E-state index in [4.69, 9.17) is 11.6 Å². The molecule has 3 rings (SSSR count). The van der Waals surface area contributed by atoms with Gasteiger partial charge in [-0.15, -0.1) is 34.3 Å². The molecule has 0 aromatic carbocycles. The molecule has 1 aliphatic carbocycles. The Balaban J connectivity index is 2.20. The Morgan fingerprint density at radius 2 is 2.21 bits per heavy atom. The number of thiazole rings is 1. The van der Waals surface area contributed by atoms with Crippen LogP contribution in [-0.2, 0) is 18.7 Å². The SMILES string of the molecule is ClCc1nc2c(s1)CCc1sccc1-2. The summed E-state index contributed by atoms with van der Waals surface area (Å²) >= 11 is 9.40. The lowest BCUT2D eigenvalue weighted by Gasteiger charge is -2.09. The zero-order valence-electron chi connectivity index (χ0n) is 7.42. The van der Waals surface area contributed by atoms with Gasteiger partial charge in [0.2, 0.25) is 0 Å². The molecule has 0 atom stereocenters. The van der Waals surface area contributed by atoms with Crippen LogP contribution in [0.2, 0.25) is 0 Å². The molecule has 1 nitrogen and oxygen atoms in total. The molecule has 4 heteroatoms. The summed E-state index contributed by atoms with van der Waals surface area (Å²) in [5.74, 6) is 0.539. The minimum absolute atomic E-state index is 0.539. The van der Waals surface area contributed by atoms with E-state index in [1.54, 1.807) is 11.3 Å². The lowest BCUT2D eigenvalue weighted by molar-refractivity contribution is 0.977. The Bertz CT molecular complexity index is 472. The first-order valence-electron chi connectivity index (χ1n) is 4.50. The zero-order chi connectivity index (χ0) is 9.54. The van der Waals surface area contributed by atoms with Crippen LogP contribution < -0.4 is 0 Å². The molecule has 0 spiro atoms. The fourth-order valence-corrected chi connectivity index (χ4v) is 3.85. The first-order chi connectivity index (χ1) is 6.88. The lowest BCUT2D eigenvalue weighted by atomic mass is 10.0. The van der Waals surface area contributed by atoms with Crippen LogP contribution in [0, 0.1) is 0 Å². The molecule has 0 saturated carbocycles. The van der Waals surface area contributed by atoms with Crippen molar-refractivity contribution in [3.05, 3.63) is 26.2 Å². The summed E-state index contributed by atoms with van der Waals surface area (Å²) in [7, 11) is 0. The van der Waals surface area contributed by atoms with Crippen LogP contribution >= 0.6 is 34.3 Å². The van der Waals surface area contributed by atoms with Crippen LogP contribution in [0.5, 0.6) is 0 Å². The van der Waals surface area contributed by atoms with Gasteiger partial charge in [0.15, 0.2) is 0 Å². The Morgan fingerprint density at radius 1 is 1.36 bits per heavy atom. The maximum Gasteiger partial charge on any atom is 0.108 e. The van der Waals surface area contributed by atoms with E-state index in [-0.39, 0.29) is 0 Å². The minimum Gasteiger partial charge on any atom is -0.240 e. The third-order valence-electron chi connectivity index (χ3n) is 2.44. The number of fused-ring (bicyclic) bond motifs is 3. The summed E-state index contributed by atoms with van der Waals surface area (Å²) in [5, 5.41) is 3.20. The number of thiophene rings is 1. The second-order valence-electron chi connectivity index (χ2n) is 3.27. The van der Waals surface area contributed by atoms with Gasteiger partial charge in [0, 0.05) is 15.3 Å². The molecule has 72 valence electrons. The molecule has 14 heavy (non-hydrogen) atoms. The predicted octanol–water partition coefficient (Wildman–Crippen LogP) is 3.71. The van der Waals surface area contributed by atoms with Crippen LogP contribution in [0.25, 0.3) is 11.3 Å². The van der Waals surface area contributed by atoms with Gasteiger partial charge in [-0.2, -0.15) is 0 Å². The normalized spacial score (nSPS) is 13.8. The zero-order valence-corrected chi connectivity index (χ0v) is 9.81. The number of aryl methyl sites for hydroxylation is 2. The van der Waals surface area contributed by atoms with Crippen LogP contribution in [0.4, 0.5) is 0 Å². The van der Waals surface area contributed by atoms with E-state index in [1.165, 1.54) is 27.4 Å². The average molecular weight is 242 g/mol. The van der Waals surface area contributed by atoms with Crippen molar-refractivity contribution in [3.63, 3.8) is 0 Å². The molecule has 0 fully saturated rings. The van der Waals surface area contributed by atoms with E-state index < -0.39 is 0 Å². The average Bonchev–Trinajstić information content (AvgIpc) is 2.82. The van der Waals surface area contributed by atoms with E-state index in [2.05, 4.69) is 16.4 Å². The van der Waals surface area contributed by atoms with Crippen LogP contribution in [0.1, 0.15) is 14.8 Å². The lowest BCUT2D eigenvalue weighted by Crippen LogP contribution is -1.97. The monoisotopic (exact) mass is 241 g/mol. The molecule has 0 aliphatic heterocycles. The minimum atomic E-state index is 0.539. The number of hydrogen-bond acceptors (Lipinski definition) is 3. The molecule has 0 unspecified atom stereocenters. The largest absolute Gasteiger partial charge is 0.240 e. The molecule has 1 aliphatic rings. The van der Waals surface area contributed by atoms with Gasteiger partial charge < -0.3 is 0 Å². The standard InChI is InChI=1S/C10H8ClNS2/c11-5-9-12-10-6-3-4-13-7(6)1-2-8(10)14-9/h3-4H,1-2,5H2. The van der Waals surface area contributed by atoms with Crippen LogP contribution in [-0.4, -0.2) is 4.98 Å². The highest BCUT2D eigenvalue weighted by molar-refractivity contribution is 7.12. The van der Waals surface area contributed by atoms with E-state index in [9.17, 15) is 0 Å². The van der Waals surface area contributed by atoms with Crippen LogP contribution in [0.3, 0.4) is 0 Å². The number of alkyl halides is 1. The molecule has 0 bridgehead atoms. The second-order valence-corrected chi connectivity index (χ2v) is 5.71. The Labute approximate surface area is 95.4 Å². The maximum atomic E-state index is 5.80. The highest BCUT2D eigenvalue weighted by atomic mass is 35.5. The molecule has 0 saturated heterocycles. The van der Waals surface area contributed by atoms with Gasteiger partial charge in [-0.1, -0.05) is 0 Å². The topological polar surface area (TPSA) is 12.9 Å². The number of aromatic nitrogens is 1. The first-order valence-corrected chi connectivity index (χ1v) is 6.73. The number of halogens is 1. The molecule has 0 N–H and O–H groups in total. The molecule has 2 aromatic rings. The van der Waals surface area contributed by atoms with Gasteiger partial charge in [-0.3, -0.25) is 0 Å². The van der Waals surface area contributed by atoms with Gasteiger partial charge in [0.1, 0.15) is 5.01 Å². The fraction of sp³-hybridized carbons (Fsp3) is 0.300.